The molecule has 0 radical (unpaired) electrons. The van der Waals surface area contributed by atoms with E-state index in [0.29, 0.717) is 28.4 Å². The number of anilines is 2. The van der Waals surface area contributed by atoms with E-state index in [9.17, 15) is 0 Å². The number of oxazole rings is 1. The molecule has 1 heterocycles. The summed E-state index contributed by atoms with van der Waals surface area (Å²) >= 11 is 0. The fourth-order valence-corrected chi connectivity index (χ4v) is 1.81. The Morgan fingerprint density at radius 2 is 1.58 bits per heavy atom. The van der Waals surface area contributed by atoms with E-state index in [1.165, 1.54) is 0 Å². The van der Waals surface area contributed by atoms with Gasteiger partial charge in [0, 0.05) is 5.56 Å². The van der Waals surface area contributed by atoms with Crippen molar-refractivity contribution in [3.05, 3.63) is 42.5 Å². The summed E-state index contributed by atoms with van der Waals surface area (Å²) in [5, 5.41) is 17.6. The first kappa shape index (κ1) is 11.5. The maximum absolute atomic E-state index is 8.84. The molecule has 0 aliphatic carbocycles. The first-order chi connectivity index (χ1) is 9.30. The summed E-state index contributed by atoms with van der Waals surface area (Å²) in [6, 6.07) is 12.1. The maximum Gasteiger partial charge on any atom is 0.227 e. The van der Waals surface area contributed by atoms with Crippen LogP contribution in [-0.4, -0.2) is 15.4 Å². The van der Waals surface area contributed by atoms with Crippen LogP contribution in [0.4, 0.5) is 11.4 Å². The zero-order valence-electron chi connectivity index (χ0n) is 9.79. The van der Waals surface area contributed by atoms with E-state index in [1.807, 2.05) is 0 Å². The first-order valence-corrected chi connectivity index (χ1v) is 5.61. The van der Waals surface area contributed by atoms with Crippen LogP contribution in [0.3, 0.4) is 0 Å². The quantitative estimate of drug-likeness (QED) is 0.539. The third-order valence-electron chi connectivity index (χ3n) is 2.78. The van der Waals surface area contributed by atoms with Crippen LogP contribution < -0.4 is 11.0 Å². The van der Waals surface area contributed by atoms with Crippen LogP contribution in [0.25, 0.3) is 22.6 Å². The molecule has 0 atom stereocenters. The molecule has 0 aliphatic heterocycles. The first-order valence-electron chi connectivity index (χ1n) is 5.61. The Labute approximate surface area is 108 Å². The van der Waals surface area contributed by atoms with Crippen molar-refractivity contribution >= 4 is 22.5 Å². The molecule has 3 rings (SSSR count). The molecule has 6 heteroatoms. The molecule has 0 fully saturated rings. The molecule has 19 heavy (non-hydrogen) atoms. The molecule has 2 aromatic carbocycles. The van der Waals surface area contributed by atoms with E-state index in [0.717, 1.165) is 5.56 Å². The zero-order valence-corrected chi connectivity index (χ0v) is 9.79. The van der Waals surface area contributed by atoms with Crippen LogP contribution in [0.1, 0.15) is 0 Å². The fourth-order valence-electron chi connectivity index (χ4n) is 1.81. The Balaban J connectivity index is 2.04. The van der Waals surface area contributed by atoms with Crippen LogP contribution in [-0.2, 0) is 0 Å². The number of benzene rings is 2. The van der Waals surface area contributed by atoms with Crippen LogP contribution in [0.5, 0.6) is 0 Å². The minimum atomic E-state index is 0.481. The average molecular weight is 257 g/mol. The standard InChI is InChI=1S/C13H11N3O3/c17-15-9-3-1-8(2-4-9)13-14-11-7-10(16-18)5-6-12(11)19-13/h1-7,15-18H. The van der Waals surface area contributed by atoms with Crippen molar-refractivity contribution in [2.45, 2.75) is 0 Å². The van der Waals surface area contributed by atoms with Crippen molar-refractivity contribution in [2.24, 2.45) is 0 Å². The lowest BCUT2D eigenvalue weighted by Crippen LogP contribution is -1.88. The highest BCUT2D eigenvalue weighted by atomic mass is 16.5. The molecular formula is C13H11N3O3. The van der Waals surface area contributed by atoms with Crippen molar-refractivity contribution < 1.29 is 14.8 Å². The lowest BCUT2D eigenvalue weighted by atomic mass is 10.2. The van der Waals surface area contributed by atoms with E-state index in [4.69, 9.17) is 14.8 Å². The molecule has 0 saturated carbocycles. The monoisotopic (exact) mass is 257 g/mol. The highest BCUT2D eigenvalue weighted by molar-refractivity contribution is 5.79. The summed E-state index contributed by atoms with van der Waals surface area (Å²) in [5.41, 5.74) is 7.35. The van der Waals surface area contributed by atoms with Crippen LogP contribution in [0, 0.1) is 0 Å². The normalized spacial score (nSPS) is 10.6. The summed E-state index contributed by atoms with van der Waals surface area (Å²) in [6.07, 6.45) is 0. The van der Waals surface area contributed by atoms with Gasteiger partial charge in [-0.1, -0.05) is 0 Å². The number of aromatic nitrogens is 1. The molecule has 0 unspecified atom stereocenters. The molecule has 0 amide bonds. The van der Waals surface area contributed by atoms with Crippen LogP contribution in [0.15, 0.2) is 46.9 Å². The fraction of sp³-hybridized carbons (Fsp3) is 0. The Morgan fingerprint density at radius 1 is 0.895 bits per heavy atom. The van der Waals surface area contributed by atoms with Crippen molar-refractivity contribution in [1.82, 2.24) is 4.98 Å². The average Bonchev–Trinajstić information content (AvgIpc) is 2.90. The van der Waals surface area contributed by atoms with Crippen molar-refractivity contribution in [2.75, 3.05) is 11.0 Å². The summed E-state index contributed by atoms with van der Waals surface area (Å²) in [6.45, 7) is 0. The summed E-state index contributed by atoms with van der Waals surface area (Å²) in [5.74, 6) is 0.481. The Hall–Kier alpha value is -2.57. The highest BCUT2D eigenvalue weighted by Crippen LogP contribution is 2.26. The summed E-state index contributed by atoms with van der Waals surface area (Å²) < 4.78 is 5.62. The molecule has 1 aromatic heterocycles. The van der Waals surface area contributed by atoms with Gasteiger partial charge in [0.25, 0.3) is 0 Å². The van der Waals surface area contributed by atoms with Crippen LogP contribution in [0.2, 0.25) is 0 Å². The lowest BCUT2D eigenvalue weighted by Gasteiger charge is -1.98. The molecule has 4 N–H and O–H groups in total. The predicted molar refractivity (Wildman–Crippen MR) is 70.3 cm³/mol. The number of nitrogens with zero attached hydrogens (tertiary/aromatic N) is 1. The van der Waals surface area contributed by atoms with Crippen molar-refractivity contribution in [3.63, 3.8) is 0 Å². The van der Waals surface area contributed by atoms with E-state index in [2.05, 4.69) is 15.9 Å². The van der Waals surface area contributed by atoms with Crippen LogP contribution >= 0.6 is 0 Å². The molecule has 0 spiro atoms. The predicted octanol–water partition coefficient (Wildman–Crippen LogP) is 3.10. The van der Waals surface area contributed by atoms with E-state index >= 15 is 0 Å². The smallest absolute Gasteiger partial charge is 0.227 e. The lowest BCUT2D eigenvalue weighted by molar-refractivity contribution is 0.388. The van der Waals surface area contributed by atoms with Gasteiger partial charge in [0.15, 0.2) is 5.58 Å². The molecule has 0 aliphatic rings. The topological polar surface area (TPSA) is 90.5 Å². The van der Waals surface area contributed by atoms with E-state index in [-0.39, 0.29) is 0 Å². The van der Waals surface area contributed by atoms with Crippen molar-refractivity contribution in [1.29, 1.82) is 0 Å². The highest BCUT2D eigenvalue weighted by Gasteiger charge is 2.08. The molecular weight excluding hydrogens is 246 g/mol. The molecule has 3 aromatic rings. The van der Waals surface area contributed by atoms with Gasteiger partial charge < -0.3 is 4.42 Å². The molecule has 0 bridgehead atoms. The van der Waals surface area contributed by atoms with Gasteiger partial charge in [-0.25, -0.2) is 4.98 Å². The Morgan fingerprint density at radius 3 is 2.26 bits per heavy atom. The van der Waals surface area contributed by atoms with Gasteiger partial charge in [-0.3, -0.25) is 21.4 Å². The van der Waals surface area contributed by atoms with Gasteiger partial charge in [-0.05, 0) is 42.5 Å². The molecule has 96 valence electrons. The van der Waals surface area contributed by atoms with Gasteiger partial charge in [-0.2, -0.15) is 0 Å². The third-order valence-corrected chi connectivity index (χ3v) is 2.78. The van der Waals surface area contributed by atoms with Gasteiger partial charge in [0.2, 0.25) is 5.89 Å². The Bertz CT molecular complexity index is 707. The van der Waals surface area contributed by atoms with Gasteiger partial charge in [0.1, 0.15) is 5.52 Å². The molecule has 0 saturated heterocycles. The number of nitrogens with one attached hydrogen (secondary N) is 2. The molecule has 6 nitrogen and oxygen atoms in total. The zero-order chi connectivity index (χ0) is 13.2. The second-order valence-corrected chi connectivity index (χ2v) is 4.00. The summed E-state index contributed by atoms with van der Waals surface area (Å²) in [4.78, 5) is 4.35. The minimum Gasteiger partial charge on any atom is -0.436 e. The number of hydrogen-bond acceptors (Lipinski definition) is 6. The third kappa shape index (κ3) is 2.10. The largest absolute Gasteiger partial charge is 0.436 e. The SMILES string of the molecule is ONc1ccc(-c2nc3cc(NO)ccc3o2)cc1. The van der Waals surface area contributed by atoms with E-state index < -0.39 is 0 Å². The van der Waals surface area contributed by atoms with Gasteiger partial charge in [-0.15, -0.1) is 0 Å². The maximum atomic E-state index is 8.84. The number of hydrogen-bond donors (Lipinski definition) is 4. The van der Waals surface area contributed by atoms with Crippen molar-refractivity contribution in [3.8, 4) is 11.5 Å². The van der Waals surface area contributed by atoms with Gasteiger partial charge in [0.05, 0.1) is 11.4 Å². The Kier molecular flexibility index (Phi) is 2.79. The second kappa shape index (κ2) is 4.60. The van der Waals surface area contributed by atoms with Gasteiger partial charge >= 0.3 is 0 Å². The number of rotatable bonds is 3. The number of fused-ring (bicyclic) bond motifs is 1. The second-order valence-electron chi connectivity index (χ2n) is 4.00. The van der Waals surface area contributed by atoms with E-state index in [1.54, 1.807) is 42.5 Å². The minimum absolute atomic E-state index is 0.481. The summed E-state index contributed by atoms with van der Waals surface area (Å²) in [7, 11) is 0.